The first-order chi connectivity index (χ1) is 13.2. The lowest BCUT2D eigenvalue weighted by molar-refractivity contribution is -0.137. The second-order valence-corrected chi connectivity index (χ2v) is 6.62. The van der Waals surface area contributed by atoms with Crippen molar-refractivity contribution in [3.8, 4) is 0 Å². The fraction of sp³-hybridized carbons (Fsp3) is 0.300. The first-order valence-electron chi connectivity index (χ1n) is 8.74. The highest BCUT2D eigenvalue weighted by Gasteiger charge is 2.36. The van der Waals surface area contributed by atoms with Crippen molar-refractivity contribution in [3.05, 3.63) is 65.5 Å². The molecule has 2 amide bonds. The Morgan fingerprint density at radius 1 is 1.07 bits per heavy atom. The summed E-state index contributed by atoms with van der Waals surface area (Å²) < 4.78 is 50.8. The summed E-state index contributed by atoms with van der Waals surface area (Å²) in [4.78, 5) is 25.8. The molecule has 1 fully saturated rings. The summed E-state index contributed by atoms with van der Waals surface area (Å²) in [6, 6.07) is 10.2. The number of nitrogens with one attached hydrogen (secondary N) is 1. The molecular weight excluding hydrogens is 376 g/mol. The number of alkyl halides is 3. The quantitative estimate of drug-likeness (QED) is 0.789. The van der Waals surface area contributed by atoms with Crippen molar-refractivity contribution in [2.24, 2.45) is 5.92 Å². The molecule has 0 aliphatic carbocycles. The Labute approximate surface area is 159 Å². The second-order valence-electron chi connectivity index (χ2n) is 6.62. The zero-order chi connectivity index (χ0) is 20.3. The maximum absolute atomic E-state index is 12.9. The molecule has 0 saturated carbocycles. The lowest BCUT2D eigenvalue weighted by Gasteiger charge is -2.17. The lowest BCUT2D eigenvalue weighted by atomic mass is 10.1. The number of carbonyl (C=O) groups is 2. The molecule has 1 saturated heterocycles. The van der Waals surface area contributed by atoms with Gasteiger partial charge in [0.1, 0.15) is 5.82 Å². The summed E-state index contributed by atoms with van der Waals surface area (Å²) in [5.74, 6) is -1.49. The van der Waals surface area contributed by atoms with Gasteiger partial charge in [-0.2, -0.15) is 13.2 Å². The van der Waals surface area contributed by atoms with E-state index in [1.54, 1.807) is 12.1 Å². The minimum Gasteiger partial charge on any atom is -0.355 e. The Balaban J connectivity index is 1.54. The summed E-state index contributed by atoms with van der Waals surface area (Å²) in [7, 11) is 0. The third-order valence-corrected chi connectivity index (χ3v) is 4.63. The van der Waals surface area contributed by atoms with E-state index in [1.165, 1.54) is 29.2 Å². The van der Waals surface area contributed by atoms with Crippen LogP contribution in [-0.2, 0) is 22.2 Å². The van der Waals surface area contributed by atoms with Crippen LogP contribution in [0.4, 0.5) is 23.2 Å². The van der Waals surface area contributed by atoms with E-state index in [2.05, 4.69) is 5.32 Å². The van der Waals surface area contributed by atoms with Gasteiger partial charge in [-0.1, -0.05) is 12.1 Å². The standard InChI is InChI=1S/C20H18F4N2O2/c21-16-5-1-13(2-6-16)9-10-25-19(28)14-11-18(27)26(12-14)17-7-3-15(4-8-17)20(22,23)24/h1-8,14H,9-12H2,(H,25,28). The molecule has 28 heavy (non-hydrogen) atoms. The van der Waals surface area contributed by atoms with Crippen molar-refractivity contribution >= 4 is 17.5 Å². The first kappa shape index (κ1) is 19.9. The highest BCUT2D eigenvalue weighted by atomic mass is 19.4. The number of hydrogen-bond donors (Lipinski definition) is 1. The van der Waals surface area contributed by atoms with Gasteiger partial charge in [0.2, 0.25) is 11.8 Å². The molecular formula is C20H18F4N2O2. The molecule has 1 N–H and O–H groups in total. The highest BCUT2D eigenvalue weighted by molar-refractivity contribution is 6.00. The van der Waals surface area contributed by atoms with E-state index in [4.69, 9.17) is 0 Å². The fourth-order valence-electron chi connectivity index (χ4n) is 3.09. The molecule has 8 heteroatoms. The van der Waals surface area contributed by atoms with Crippen LogP contribution < -0.4 is 10.2 Å². The number of amides is 2. The smallest absolute Gasteiger partial charge is 0.355 e. The second kappa shape index (κ2) is 8.00. The molecule has 4 nitrogen and oxygen atoms in total. The summed E-state index contributed by atoms with van der Waals surface area (Å²) in [6.45, 7) is 0.460. The average Bonchev–Trinajstić information content (AvgIpc) is 3.04. The molecule has 2 aromatic carbocycles. The lowest BCUT2D eigenvalue weighted by Crippen LogP contribution is -2.34. The number of nitrogens with zero attached hydrogens (tertiary/aromatic N) is 1. The molecule has 1 aliphatic heterocycles. The predicted molar refractivity (Wildman–Crippen MR) is 95.0 cm³/mol. The minimum absolute atomic E-state index is 0.00338. The van der Waals surface area contributed by atoms with Crippen molar-refractivity contribution in [1.29, 1.82) is 0 Å². The molecule has 1 atom stereocenters. The van der Waals surface area contributed by atoms with Crippen LogP contribution in [0.5, 0.6) is 0 Å². The monoisotopic (exact) mass is 394 g/mol. The van der Waals surface area contributed by atoms with Gasteiger partial charge in [-0.25, -0.2) is 4.39 Å². The van der Waals surface area contributed by atoms with E-state index in [0.29, 0.717) is 18.7 Å². The number of anilines is 1. The van der Waals surface area contributed by atoms with Crippen LogP contribution in [0.2, 0.25) is 0 Å². The summed E-state index contributed by atoms with van der Waals surface area (Å²) in [6.07, 6.45) is -3.92. The van der Waals surface area contributed by atoms with Crippen molar-refractivity contribution in [2.45, 2.75) is 19.0 Å². The van der Waals surface area contributed by atoms with Crippen molar-refractivity contribution < 1.29 is 27.2 Å². The predicted octanol–water partition coefficient (Wildman–Crippen LogP) is 3.56. The van der Waals surface area contributed by atoms with Gasteiger partial charge in [0.15, 0.2) is 0 Å². The van der Waals surface area contributed by atoms with Gasteiger partial charge in [-0.3, -0.25) is 9.59 Å². The largest absolute Gasteiger partial charge is 0.416 e. The van der Waals surface area contributed by atoms with Crippen LogP contribution in [0.3, 0.4) is 0 Å². The van der Waals surface area contributed by atoms with Gasteiger partial charge < -0.3 is 10.2 Å². The number of rotatable bonds is 5. The van der Waals surface area contributed by atoms with Crippen molar-refractivity contribution in [3.63, 3.8) is 0 Å². The Morgan fingerprint density at radius 3 is 2.32 bits per heavy atom. The topological polar surface area (TPSA) is 49.4 Å². The van der Waals surface area contributed by atoms with E-state index >= 15 is 0 Å². The molecule has 1 heterocycles. The molecule has 2 aromatic rings. The Morgan fingerprint density at radius 2 is 1.71 bits per heavy atom. The van der Waals surface area contributed by atoms with Crippen LogP contribution in [0.25, 0.3) is 0 Å². The maximum atomic E-state index is 12.9. The first-order valence-corrected chi connectivity index (χ1v) is 8.74. The Hall–Kier alpha value is -2.90. The third-order valence-electron chi connectivity index (χ3n) is 4.63. The number of benzene rings is 2. The van der Waals surface area contributed by atoms with E-state index in [1.807, 2.05) is 0 Å². The van der Waals surface area contributed by atoms with E-state index < -0.39 is 17.7 Å². The molecule has 0 radical (unpaired) electrons. The summed E-state index contributed by atoms with van der Waals surface area (Å²) in [5, 5.41) is 2.75. The fourth-order valence-corrected chi connectivity index (χ4v) is 3.09. The highest BCUT2D eigenvalue weighted by Crippen LogP contribution is 2.32. The van der Waals surface area contributed by atoms with E-state index in [9.17, 15) is 27.2 Å². The van der Waals surface area contributed by atoms with E-state index in [0.717, 1.165) is 17.7 Å². The summed E-state index contributed by atoms with van der Waals surface area (Å²) >= 11 is 0. The van der Waals surface area contributed by atoms with Crippen molar-refractivity contribution in [2.75, 3.05) is 18.0 Å². The van der Waals surface area contributed by atoms with Gasteiger partial charge in [0, 0.05) is 25.2 Å². The number of hydrogen-bond acceptors (Lipinski definition) is 2. The average molecular weight is 394 g/mol. The molecule has 3 rings (SSSR count). The van der Waals surface area contributed by atoms with Gasteiger partial charge in [-0.15, -0.1) is 0 Å². The molecule has 0 bridgehead atoms. The SMILES string of the molecule is O=C(NCCc1ccc(F)cc1)C1CC(=O)N(c2ccc(C(F)(F)F)cc2)C1. The molecule has 1 unspecified atom stereocenters. The summed E-state index contributed by atoms with van der Waals surface area (Å²) in [5.41, 5.74) is 0.410. The van der Waals surface area contributed by atoms with Crippen LogP contribution in [-0.4, -0.2) is 24.9 Å². The third kappa shape index (κ3) is 4.68. The number of halogens is 4. The van der Waals surface area contributed by atoms with E-state index in [-0.39, 0.29) is 30.6 Å². The van der Waals surface area contributed by atoms with Crippen LogP contribution in [0.15, 0.2) is 48.5 Å². The van der Waals surface area contributed by atoms with Crippen LogP contribution in [0, 0.1) is 11.7 Å². The van der Waals surface area contributed by atoms with Gasteiger partial charge in [0.05, 0.1) is 11.5 Å². The molecule has 1 aliphatic rings. The zero-order valence-corrected chi connectivity index (χ0v) is 14.8. The Kier molecular flexibility index (Phi) is 5.67. The van der Waals surface area contributed by atoms with Gasteiger partial charge in [0.25, 0.3) is 0 Å². The van der Waals surface area contributed by atoms with Gasteiger partial charge in [-0.05, 0) is 48.4 Å². The maximum Gasteiger partial charge on any atom is 0.416 e. The molecule has 0 spiro atoms. The Bertz CT molecular complexity index is 848. The normalized spacial score (nSPS) is 17.1. The van der Waals surface area contributed by atoms with Crippen molar-refractivity contribution in [1.82, 2.24) is 5.32 Å². The molecule has 0 aromatic heterocycles. The molecule has 148 valence electrons. The number of carbonyl (C=O) groups excluding carboxylic acids is 2. The zero-order valence-electron chi connectivity index (χ0n) is 14.8. The van der Waals surface area contributed by atoms with Crippen LogP contribution >= 0.6 is 0 Å². The van der Waals surface area contributed by atoms with Gasteiger partial charge >= 0.3 is 6.18 Å². The van der Waals surface area contributed by atoms with Crippen LogP contribution in [0.1, 0.15) is 17.5 Å². The minimum atomic E-state index is -4.44.